The lowest BCUT2D eigenvalue weighted by Crippen LogP contribution is -2.44. The number of aromatic nitrogens is 6. The number of carbonyl (C=O) groups is 1. The molecular formula is C26H30N8O4. The van der Waals surface area contributed by atoms with Crippen molar-refractivity contribution in [3.8, 4) is 11.5 Å². The molecular weight excluding hydrogens is 488 g/mol. The summed E-state index contributed by atoms with van der Waals surface area (Å²) in [5, 5.41) is 16.1. The van der Waals surface area contributed by atoms with E-state index in [-0.39, 0.29) is 18.1 Å². The van der Waals surface area contributed by atoms with Gasteiger partial charge < -0.3 is 19.5 Å². The Kier molecular flexibility index (Phi) is 6.42. The van der Waals surface area contributed by atoms with Crippen LogP contribution < -0.4 is 14.8 Å². The predicted molar refractivity (Wildman–Crippen MR) is 136 cm³/mol. The zero-order chi connectivity index (χ0) is 26.2. The molecule has 38 heavy (non-hydrogen) atoms. The first kappa shape index (κ1) is 24.3. The molecule has 12 nitrogen and oxygen atoms in total. The molecule has 6 rings (SSSR count). The van der Waals surface area contributed by atoms with Gasteiger partial charge in [-0.05, 0) is 38.1 Å². The summed E-state index contributed by atoms with van der Waals surface area (Å²) in [6.07, 6.45) is 3.49. The summed E-state index contributed by atoms with van der Waals surface area (Å²) in [6, 6.07) is 6.97. The van der Waals surface area contributed by atoms with E-state index in [9.17, 15) is 4.79 Å². The summed E-state index contributed by atoms with van der Waals surface area (Å²) in [4.78, 5) is 20.3. The number of likely N-dealkylation sites (tertiary alicyclic amines) is 1. The fourth-order valence-electron chi connectivity index (χ4n) is 5.09. The number of carbonyl (C=O) groups excluding carboxylic acids is 1. The van der Waals surface area contributed by atoms with Crippen molar-refractivity contribution >= 4 is 11.6 Å². The Morgan fingerprint density at radius 1 is 1.21 bits per heavy atom. The number of methoxy groups -OCH3 is 1. The van der Waals surface area contributed by atoms with Gasteiger partial charge in [-0.15, -0.1) is 5.10 Å². The van der Waals surface area contributed by atoms with Crippen LogP contribution in [-0.2, 0) is 24.4 Å². The average Bonchev–Trinajstić information content (AvgIpc) is 3.62. The van der Waals surface area contributed by atoms with Crippen LogP contribution in [0.2, 0.25) is 0 Å². The first-order valence-corrected chi connectivity index (χ1v) is 12.6. The molecule has 0 radical (unpaired) electrons. The maximum absolute atomic E-state index is 13.3. The zero-order valence-corrected chi connectivity index (χ0v) is 21.6. The van der Waals surface area contributed by atoms with Crippen LogP contribution in [0.4, 0.5) is 0 Å². The van der Waals surface area contributed by atoms with Crippen LogP contribution in [0.3, 0.4) is 0 Å². The third-order valence-electron chi connectivity index (χ3n) is 6.94. The van der Waals surface area contributed by atoms with E-state index in [1.807, 2.05) is 36.8 Å². The topological polar surface area (TPSA) is 121 Å². The minimum Gasteiger partial charge on any atom is -0.493 e. The molecule has 4 aromatic rings. The fraction of sp³-hybridized carbons (Fsp3) is 0.423. The Balaban J connectivity index is 1.27. The minimum absolute atomic E-state index is 0.194. The van der Waals surface area contributed by atoms with Crippen molar-refractivity contribution in [1.29, 1.82) is 0 Å². The van der Waals surface area contributed by atoms with E-state index in [0.717, 1.165) is 28.3 Å². The number of hydrogen-bond donors (Lipinski definition) is 1. The summed E-state index contributed by atoms with van der Waals surface area (Å²) >= 11 is 0. The Morgan fingerprint density at radius 2 is 2.11 bits per heavy atom. The first-order chi connectivity index (χ1) is 18.5. The van der Waals surface area contributed by atoms with Gasteiger partial charge >= 0.3 is 0 Å². The van der Waals surface area contributed by atoms with Crippen molar-refractivity contribution in [3.05, 3.63) is 64.9 Å². The molecule has 2 aliphatic heterocycles. The molecule has 0 saturated carbocycles. The number of aryl methyl sites for hydroxylation is 2. The number of amides is 1. The van der Waals surface area contributed by atoms with E-state index < -0.39 is 0 Å². The number of ether oxygens (including phenoxy) is 3. The molecule has 2 atom stereocenters. The van der Waals surface area contributed by atoms with Crippen molar-refractivity contribution in [2.75, 3.05) is 26.8 Å². The van der Waals surface area contributed by atoms with E-state index in [4.69, 9.17) is 19.2 Å². The van der Waals surface area contributed by atoms with E-state index in [2.05, 4.69) is 25.6 Å². The van der Waals surface area contributed by atoms with Gasteiger partial charge in [-0.2, -0.15) is 5.10 Å². The van der Waals surface area contributed by atoms with E-state index in [1.54, 1.807) is 30.0 Å². The molecule has 0 spiro atoms. The molecule has 3 aromatic heterocycles. The quantitative estimate of drug-likeness (QED) is 0.430. The normalized spacial score (nSPS) is 20.3. The standard InChI is InChI=1S/C26H30N8O4/c1-16-8-17(2)34-25(28-16)19(10-27-34)11-32-13-21-24(14-32)38-15-20-12-33(31-30-20)6-7-37-23-9-18(26(35)29-21)4-5-22(23)36-3/h4-5,8-10,12,21,24H,6-7,11,13-15H2,1-3H3,(H,29,35)/t21-,24-/m0/s1. The van der Waals surface area contributed by atoms with Crippen LogP contribution in [0.1, 0.15) is 33.0 Å². The number of hydrogen-bond acceptors (Lipinski definition) is 9. The van der Waals surface area contributed by atoms with E-state index >= 15 is 0 Å². The highest BCUT2D eigenvalue weighted by molar-refractivity contribution is 5.95. The van der Waals surface area contributed by atoms with E-state index in [1.165, 1.54) is 0 Å². The molecule has 1 aromatic carbocycles. The van der Waals surface area contributed by atoms with Crippen molar-refractivity contribution in [2.24, 2.45) is 0 Å². The number of nitrogens with one attached hydrogen (secondary N) is 1. The van der Waals surface area contributed by atoms with Gasteiger partial charge in [-0.25, -0.2) is 14.2 Å². The maximum Gasteiger partial charge on any atom is 0.251 e. The van der Waals surface area contributed by atoms with Gasteiger partial charge in [0.1, 0.15) is 12.3 Å². The average molecular weight is 519 g/mol. The number of nitrogens with zero attached hydrogens (tertiary/aromatic N) is 7. The van der Waals surface area contributed by atoms with Crippen molar-refractivity contribution in [1.82, 2.24) is 39.8 Å². The van der Waals surface area contributed by atoms with Gasteiger partial charge in [0, 0.05) is 42.1 Å². The van der Waals surface area contributed by atoms with Crippen LogP contribution in [0.15, 0.2) is 36.7 Å². The van der Waals surface area contributed by atoms with Crippen LogP contribution >= 0.6 is 0 Å². The van der Waals surface area contributed by atoms with Crippen molar-refractivity contribution < 1.29 is 19.0 Å². The first-order valence-electron chi connectivity index (χ1n) is 12.6. The summed E-state index contributed by atoms with van der Waals surface area (Å²) in [5.74, 6) is 0.870. The third-order valence-corrected chi connectivity index (χ3v) is 6.94. The SMILES string of the molecule is COc1ccc2cc1OCCn1cc(nn1)CO[C@H]1CN(Cc3cnn4c(C)cc(C)nc34)C[C@@H]1NC2=O. The molecule has 198 valence electrons. The van der Waals surface area contributed by atoms with Gasteiger partial charge in [-0.3, -0.25) is 9.69 Å². The maximum atomic E-state index is 13.3. The van der Waals surface area contributed by atoms with Gasteiger partial charge in [0.15, 0.2) is 17.1 Å². The summed E-state index contributed by atoms with van der Waals surface area (Å²) < 4.78 is 21.2. The van der Waals surface area contributed by atoms with Crippen molar-refractivity contribution in [2.45, 2.75) is 45.7 Å². The second kappa shape index (κ2) is 10.0. The monoisotopic (exact) mass is 518 g/mol. The lowest BCUT2D eigenvalue weighted by Gasteiger charge is -2.20. The van der Waals surface area contributed by atoms with Gasteiger partial charge in [-0.1, -0.05) is 5.21 Å². The molecule has 1 N–H and O–H groups in total. The molecule has 1 amide bonds. The summed E-state index contributed by atoms with van der Waals surface area (Å²) in [5.41, 5.74) is 5.09. The number of fused-ring (bicyclic) bond motifs is 6. The molecule has 2 aliphatic rings. The summed E-state index contributed by atoms with van der Waals surface area (Å²) in [6.45, 7) is 7.05. The zero-order valence-electron chi connectivity index (χ0n) is 21.6. The number of benzene rings is 1. The minimum atomic E-state index is -0.235. The Bertz CT molecular complexity index is 1480. The van der Waals surface area contributed by atoms with E-state index in [0.29, 0.717) is 56.5 Å². The Hall–Kier alpha value is -4.03. The van der Waals surface area contributed by atoms with Gasteiger partial charge in [0.25, 0.3) is 5.91 Å². The Morgan fingerprint density at radius 3 is 2.97 bits per heavy atom. The molecule has 0 aliphatic carbocycles. The smallest absolute Gasteiger partial charge is 0.251 e. The molecule has 4 bridgehead atoms. The predicted octanol–water partition coefficient (Wildman–Crippen LogP) is 1.54. The van der Waals surface area contributed by atoms with Crippen LogP contribution in [0.25, 0.3) is 5.65 Å². The van der Waals surface area contributed by atoms with Crippen LogP contribution in [0, 0.1) is 13.8 Å². The highest BCUT2D eigenvalue weighted by Crippen LogP contribution is 2.29. The lowest BCUT2D eigenvalue weighted by molar-refractivity contribution is 0.0294. The lowest BCUT2D eigenvalue weighted by atomic mass is 10.1. The largest absolute Gasteiger partial charge is 0.493 e. The summed E-state index contributed by atoms with van der Waals surface area (Å²) in [7, 11) is 1.57. The van der Waals surface area contributed by atoms with Gasteiger partial charge in [0.2, 0.25) is 0 Å². The highest BCUT2D eigenvalue weighted by atomic mass is 16.5. The Labute approximate surface area is 219 Å². The second-order valence-corrected chi connectivity index (χ2v) is 9.75. The van der Waals surface area contributed by atoms with Crippen molar-refractivity contribution in [3.63, 3.8) is 0 Å². The van der Waals surface area contributed by atoms with Crippen LogP contribution in [0.5, 0.6) is 11.5 Å². The molecule has 5 heterocycles. The molecule has 0 unspecified atom stereocenters. The van der Waals surface area contributed by atoms with Gasteiger partial charge in [0.05, 0.1) is 44.8 Å². The van der Waals surface area contributed by atoms with Crippen LogP contribution in [-0.4, -0.2) is 79.4 Å². The molecule has 12 heteroatoms. The second-order valence-electron chi connectivity index (χ2n) is 9.75. The number of rotatable bonds is 3. The highest BCUT2D eigenvalue weighted by Gasteiger charge is 2.35. The molecule has 1 fully saturated rings. The molecule has 1 saturated heterocycles. The fourth-order valence-corrected chi connectivity index (χ4v) is 5.09. The third kappa shape index (κ3) is 4.79.